The third-order valence-corrected chi connectivity index (χ3v) is 5.33. The number of rotatable bonds is 7. The Kier molecular flexibility index (Phi) is 6.63. The third-order valence-electron chi connectivity index (χ3n) is 2.54. The summed E-state index contributed by atoms with van der Waals surface area (Å²) in [5.41, 5.74) is 0. The van der Waals surface area contributed by atoms with Crippen LogP contribution >= 0.6 is 27.5 Å². The predicted octanol–water partition coefficient (Wildman–Crippen LogP) is 3.43. The molecule has 0 saturated heterocycles. The first kappa shape index (κ1) is 16.0. The molecule has 0 aliphatic heterocycles. The van der Waals surface area contributed by atoms with E-state index in [0.717, 1.165) is 18.2 Å². The highest BCUT2D eigenvalue weighted by molar-refractivity contribution is 9.09. The summed E-state index contributed by atoms with van der Waals surface area (Å²) in [6.45, 7) is 2.58. The molecule has 1 N–H and O–H groups in total. The lowest BCUT2D eigenvalue weighted by molar-refractivity contribution is 0.546. The average Bonchev–Trinajstić information content (AvgIpc) is 2.34. The monoisotopic (exact) mass is 353 g/mol. The molecule has 18 heavy (non-hydrogen) atoms. The average molecular weight is 355 g/mol. The van der Waals surface area contributed by atoms with Crippen LogP contribution in [0, 0.1) is 5.92 Å². The van der Waals surface area contributed by atoms with Crippen molar-refractivity contribution in [3.05, 3.63) is 29.3 Å². The Balaban J connectivity index is 2.51. The van der Waals surface area contributed by atoms with Crippen LogP contribution in [-0.2, 0) is 10.0 Å². The van der Waals surface area contributed by atoms with Gasteiger partial charge in [0.15, 0.2) is 0 Å². The van der Waals surface area contributed by atoms with Crippen LogP contribution in [0.25, 0.3) is 0 Å². The quantitative estimate of drug-likeness (QED) is 0.602. The van der Waals surface area contributed by atoms with Gasteiger partial charge in [-0.2, -0.15) is 0 Å². The van der Waals surface area contributed by atoms with E-state index in [2.05, 4.69) is 27.6 Å². The van der Waals surface area contributed by atoms with Gasteiger partial charge in [0.25, 0.3) is 0 Å². The van der Waals surface area contributed by atoms with Gasteiger partial charge < -0.3 is 0 Å². The van der Waals surface area contributed by atoms with Crippen molar-refractivity contribution in [1.29, 1.82) is 0 Å². The van der Waals surface area contributed by atoms with Crippen molar-refractivity contribution in [2.45, 2.75) is 24.7 Å². The largest absolute Gasteiger partial charge is 0.240 e. The molecule has 0 aliphatic carbocycles. The first-order valence-electron chi connectivity index (χ1n) is 5.77. The zero-order valence-electron chi connectivity index (χ0n) is 10.2. The fraction of sp³-hybridized carbons (Fsp3) is 0.500. The van der Waals surface area contributed by atoms with Crippen molar-refractivity contribution in [3.8, 4) is 0 Å². The molecular formula is C12H17BrClNO2S. The second-order valence-electron chi connectivity index (χ2n) is 4.26. The molecule has 1 aromatic rings. The van der Waals surface area contributed by atoms with Crippen molar-refractivity contribution in [3.63, 3.8) is 0 Å². The molecule has 0 spiro atoms. The Morgan fingerprint density at radius 1 is 1.44 bits per heavy atom. The third kappa shape index (κ3) is 5.26. The number of halogens is 2. The minimum absolute atomic E-state index is 0.212. The lowest BCUT2D eigenvalue weighted by atomic mass is 10.1. The molecule has 0 aliphatic rings. The van der Waals surface area contributed by atoms with Crippen molar-refractivity contribution in [1.82, 2.24) is 4.72 Å². The van der Waals surface area contributed by atoms with Crippen molar-refractivity contribution in [2.24, 2.45) is 5.92 Å². The summed E-state index contributed by atoms with van der Waals surface area (Å²) in [5, 5.41) is 1.36. The van der Waals surface area contributed by atoms with Crippen LogP contribution < -0.4 is 4.72 Å². The first-order valence-corrected chi connectivity index (χ1v) is 8.75. The number of alkyl halides is 1. The number of hydrogen-bond donors (Lipinski definition) is 1. The van der Waals surface area contributed by atoms with E-state index in [1.165, 1.54) is 12.1 Å². The molecule has 0 aromatic heterocycles. The molecule has 1 aromatic carbocycles. The highest BCUT2D eigenvalue weighted by Crippen LogP contribution is 2.15. The highest BCUT2D eigenvalue weighted by atomic mass is 79.9. The summed E-state index contributed by atoms with van der Waals surface area (Å²) in [6, 6.07) is 6.27. The summed E-state index contributed by atoms with van der Waals surface area (Å²) < 4.78 is 26.4. The molecule has 1 atom stereocenters. The van der Waals surface area contributed by atoms with Gasteiger partial charge in [-0.3, -0.25) is 0 Å². The number of nitrogens with one attached hydrogen (secondary N) is 1. The molecule has 1 rings (SSSR count). The van der Waals surface area contributed by atoms with Gasteiger partial charge in [0.1, 0.15) is 0 Å². The predicted molar refractivity (Wildman–Crippen MR) is 78.8 cm³/mol. The topological polar surface area (TPSA) is 46.2 Å². The number of hydrogen-bond acceptors (Lipinski definition) is 2. The van der Waals surface area contributed by atoms with Crippen LogP contribution in [0.3, 0.4) is 0 Å². The molecule has 0 fully saturated rings. The van der Waals surface area contributed by atoms with Gasteiger partial charge in [-0.05, 0) is 37.0 Å². The second-order valence-corrected chi connectivity index (χ2v) is 7.11. The van der Waals surface area contributed by atoms with Crippen LogP contribution in [0.4, 0.5) is 0 Å². The normalized spacial score (nSPS) is 13.5. The minimum atomic E-state index is -3.43. The summed E-state index contributed by atoms with van der Waals surface area (Å²) >= 11 is 9.17. The molecule has 0 radical (unpaired) electrons. The fourth-order valence-corrected chi connectivity index (χ4v) is 3.15. The van der Waals surface area contributed by atoms with E-state index < -0.39 is 10.0 Å². The maximum absolute atomic E-state index is 11.9. The summed E-state index contributed by atoms with van der Waals surface area (Å²) in [4.78, 5) is 0.212. The highest BCUT2D eigenvalue weighted by Gasteiger charge is 2.13. The summed E-state index contributed by atoms with van der Waals surface area (Å²) in [7, 11) is -3.43. The molecule has 0 amide bonds. The lowest BCUT2D eigenvalue weighted by Crippen LogP contribution is -2.25. The number of sulfonamides is 1. The van der Waals surface area contributed by atoms with E-state index in [9.17, 15) is 8.42 Å². The molecule has 6 heteroatoms. The molecule has 3 nitrogen and oxygen atoms in total. The molecule has 0 heterocycles. The maximum Gasteiger partial charge on any atom is 0.240 e. The first-order chi connectivity index (χ1) is 8.45. The fourth-order valence-electron chi connectivity index (χ4n) is 1.45. The molecule has 0 bridgehead atoms. The van der Waals surface area contributed by atoms with E-state index in [0.29, 0.717) is 17.5 Å². The van der Waals surface area contributed by atoms with Crippen molar-refractivity contribution in [2.75, 3.05) is 11.9 Å². The Hall–Kier alpha value is -0.100. The van der Waals surface area contributed by atoms with Crippen molar-refractivity contribution < 1.29 is 8.42 Å². The van der Waals surface area contributed by atoms with Crippen LogP contribution in [0.2, 0.25) is 5.02 Å². The SMILES string of the molecule is CC(CBr)CCCNS(=O)(=O)c1cccc(Cl)c1. The molecule has 102 valence electrons. The van der Waals surface area contributed by atoms with Crippen LogP contribution in [-0.4, -0.2) is 20.3 Å². The van der Waals surface area contributed by atoms with Gasteiger partial charge in [0, 0.05) is 16.9 Å². The molecule has 1 unspecified atom stereocenters. The van der Waals surface area contributed by atoms with E-state index in [-0.39, 0.29) is 4.90 Å². The summed E-state index contributed by atoms with van der Waals surface area (Å²) in [6.07, 6.45) is 1.82. The van der Waals surface area contributed by atoms with E-state index in [4.69, 9.17) is 11.6 Å². The number of benzene rings is 1. The van der Waals surface area contributed by atoms with Gasteiger partial charge in [-0.1, -0.05) is 40.5 Å². The van der Waals surface area contributed by atoms with Crippen LogP contribution in [0.5, 0.6) is 0 Å². The standard InChI is InChI=1S/C12H17BrClNO2S/c1-10(9-13)4-3-7-15-18(16,17)12-6-2-5-11(14)8-12/h2,5-6,8,10,15H,3-4,7,9H2,1H3. The van der Waals surface area contributed by atoms with Crippen molar-refractivity contribution >= 4 is 37.6 Å². The van der Waals surface area contributed by atoms with E-state index in [1.807, 2.05) is 0 Å². The Bertz CT molecular complexity index is 479. The Morgan fingerprint density at radius 2 is 2.17 bits per heavy atom. The lowest BCUT2D eigenvalue weighted by Gasteiger charge is -2.09. The van der Waals surface area contributed by atoms with Gasteiger partial charge >= 0.3 is 0 Å². The van der Waals surface area contributed by atoms with Gasteiger partial charge in [-0.25, -0.2) is 13.1 Å². The zero-order valence-corrected chi connectivity index (χ0v) is 13.4. The van der Waals surface area contributed by atoms with Crippen LogP contribution in [0.1, 0.15) is 19.8 Å². The molecular weight excluding hydrogens is 338 g/mol. The van der Waals surface area contributed by atoms with E-state index >= 15 is 0 Å². The summed E-state index contributed by atoms with van der Waals surface area (Å²) in [5.74, 6) is 0.556. The maximum atomic E-state index is 11.9. The van der Waals surface area contributed by atoms with E-state index in [1.54, 1.807) is 12.1 Å². The van der Waals surface area contributed by atoms with Gasteiger partial charge in [0.05, 0.1) is 4.90 Å². The minimum Gasteiger partial charge on any atom is -0.211 e. The Morgan fingerprint density at radius 3 is 2.78 bits per heavy atom. The van der Waals surface area contributed by atoms with Crippen LogP contribution in [0.15, 0.2) is 29.2 Å². The second kappa shape index (κ2) is 7.48. The Labute approximate surface area is 122 Å². The van der Waals surface area contributed by atoms with Gasteiger partial charge in [0.2, 0.25) is 10.0 Å². The smallest absolute Gasteiger partial charge is 0.211 e. The molecule has 0 saturated carbocycles. The van der Waals surface area contributed by atoms with Gasteiger partial charge in [-0.15, -0.1) is 0 Å². The zero-order chi connectivity index (χ0) is 13.6.